The molecule has 0 aliphatic heterocycles. The molecule has 0 bridgehead atoms. The molecular weight excluding hydrogens is 368 g/mol. The molecule has 0 spiro atoms. The molecule has 1 aromatic heterocycles. The molecule has 2 aromatic carbocycles. The summed E-state index contributed by atoms with van der Waals surface area (Å²) in [6.45, 7) is 2.55. The molecule has 0 saturated heterocycles. The maximum absolute atomic E-state index is 12.8. The highest BCUT2D eigenvalue weighted by atomic mass is 35.5. The van der Waals surface area contributed by atoms with Gasteiger partial charge < -0.3 is 4.74 Å². The number of aromatic nitrogens is 4. The maximum Gasteiger partial charge on any atom is 0.339 e. The fourth-order valence-electron chi connectivity index (χ4n) is 2.54. The van der Waals surface area contributed by atoms with Crippen LogP contribution in [0.3, 0.4) is 0 Å². The lowest BCUT2D eigenvalue weighted by atomic mass is 9.98. The number of carbonyl (C=O) groups is 2. The van der Waals surface area contributed by atoms with E-state index in [1.165, 1.54) is 0 Å². The minimum Gasteiger partial charge on any atom is -0.454 e. The van der Waals surface area contributed by atoms with Gasteiger partial charge >= 0.3 is 5.97 Å². The molecule has 0 aliphatic rings. The zero-order valence-corrected chi connectivity index (χ0v) is 15.4. The molecule has 0 saturated carbocycles. The molecule has 138 valence electrons. The van der Waals surface area contributed by atoms with Crippen LogP contribution in [0, 0.1) is 0 Å². The van der Waals surface area contributed by atoms with Crippen molar-refractivity contribution in [3.63, 3.8) is 0 Å². The Labute approximate surface area is 160 Å². The Kier molecular flexibility index (Phi) is 5.93. The summed E-state index contributed by atoms with van der Waals surface area (Å²) in [5.41, 5.74) is 0.886. The van der Waals surface area contributed by atoms with E-state index < -0.39 is 5.97 Å². The van der Waals surface area contributed by atoms with E-state index in [0.717, 1.165) is 6.42 Å². The number of hydrogen-bond donors (Lipinski definition) is 0. The maximum atomic E-state index is 12.8. The van der Waals surface area contributed by atoms with E-state index in [1.54, 1.807) is 53.2 Å². The highest BCUT2D eigenvalue weighted by molar-refractivity contribution is 6.30. The van der Waals surface area contributed by atoms with Crippen LogP contribution in [-0.2, 0) is 17.9 Å². The summed E-state index contributed by atoms with van der Waals surface area (Å²) in [5.74, 6) is -0.444. The normalized spacial score (nSPS) is 10.6. The number of tetrazole rings is 1. The van der Waals surface area contributed by atoms with Crippen molar-refractivity contribution in [1.29, 1.82) is 0 Å². The third-order valence-corrected chi connectivity index (χ3v) is 4.12. The Balaban J connectivity index is 1.78. The zero-order valence-electron chi connectivity index (χ0n) is 14.6. The van der Waals surface area contributed by atoms with Crippen molar-refractivity contribution in [3.05, 3.63) is 76.1 Å². The van der Waals surface area contributed by atoms with Crippen LogP contribution in [-0.4, -0.2) is 32.0 Å². The summed E-state index contributed by atoms with van der Waals surface area (Å²) in [6.07, 6.45) is 0.852. The van der Waals surface area contributed by atoms with Crippen molar-refractivity contribution < 1.29 is 14.3 Å². The molecule has 3 aromatic rings. The van der Waals surface area contributed by atoms with E-state index in [4.69, 9.17) is 16.3 Å². The summed E-state index contributed by atoms with van der Waals surface area (Å²) in [4.78, 5) is 25.3. The van der Waals surface area contributed by atoms with E-state index in [-0.39, 0.29) is 23.5 Å². The van der Waals surface area contributed by atoms with Gasteiger partial charge in [0.2, 0.25) is 0 Å². The van der Waals surface area contributed by atoms with E-state index in [0.29, 0.717) is 23.0 Å². The number of hydrogen-bond acceptors (Lipinski definition) is 6. The van der Waals surface area contributed by atoms with Crippen molar-refractivity contribution in [3.8, 4) is 0 Å². The van der Waals surface area contributed by atoms with Gasteiger partial charge in [-0.3, -0.25) is 4.79 Å². The van der Waals surface area contributed by atoms with Crippen LogP contribution in [0.5, 0.6) is 0 Å². The Morgan fingerprint density at radius 3 is 2.48 bits per heavy atom. The molecule has 27 heavy (non-hydrogen) atoms. The number of ether oxygens (including phenoxy) is 1. The fourth-order valence-corrected chi connectivity index (χ4v) is 2.66. The van der Waals surface area contributed by atoms with E-state index >= 15 is 0 Å². The van der Waals surface area contributed by atoms with Crippen LogP contribution in [0.15, 0.2) is 48.5 Å². The Bertz CT molecular complexity index is 954. The standard InChI is InChI=1S/C19H17ClN4O3/c1-2-11-24-17(21-22-23-24)12-27-19(26)16-6-4-3-5-15(16)18(25)13-7-9-14(20)10-8-13/h3-10H,2,11-12H2,1H3. The fraction of sp³-hybridized carbons (Fsp3) is 0.211. The van der Waals surface area contributed by atoms with Gasteiger partial charge in [-0.15, -0.1) is 5.10 Å². The predicted octanol–water partition coefficient (Wildman–Crippen LogP) is 3.32. The molecule has 8 heteroatoms. The van der Waals surface area contributed by atoms with E-state index in [2.05, 4.69) is 15.5 Å². The van der Waals surface area contributed by atoms with Gasteiger partial charge in [-0.25, -0.2) is 9.48 Å². The summed E-state index contributed by atoms with van der Waals surface area (Å²) in [5, 5.41) is 11.8. The van der Waals surface area contributed by atoms with Crippen LogP contribution in [0.1, 0.15) is 45.4 Å². The van der Waals surface area contributed by atoms with Crippen molar-refractivity contribution in [2.24, 2.45) is 0 Å². The van der Waals surface area contributed by atoms with Gasteiger partial charge in [0.15, 0.2) is 18.2 Å². The molecule has 0 fully saturated rings. The van der Waals surface area contributed by atoms with Crippen LogP contribution >= 0.6 is 11.6 Å². The van der Waals surface area contributed by atoms with Gasteiger partial charge in [0, 0.05) is 22.7 Å². The van der Waals surface area contributed by atoms with Crippen LogP contribution in [0.2, 0.25) is 5.02 Å². The zero-order chi connectivity index (χ0) is 19.2. The first-order chi connectivity index (χ1) is 13.1. The smallest absolute Gasteiger partial charge is 0.339 e. The SMILES string of the molecule is CCCn1nnnc1COC(=O)c1ccccc1C(=O)c1ccc(Cl)cc1. The predicted molar refractivity (Wildman–Crippen MR) is 98.6 cm³/mol. The Morgan fingerprint density at radius 2 is 1.78 bits per heavy atom. The number of nitrogens with zero attached hydrogens (tertiary/aromatic N) is 4. The first-order valence-corrected chi connectivity index (χ1v) is 8.79. The van der Waals surface area contributed by atoms with Crippen LogP contribution in [0.4, 0.5) is 0 Å². The number of aryl methyl sites for hydroxylation is 1. The van der Waals surface area contributed by atoms with Gasteiger partial charge in [-0.05, 0) is 47.2 Å². The topological polar surface area (TPSA) is 87.0 Å². The first kappa shape index (κ1) is 18.7. The second-order valence-corrected chi connectivity index (χ2v) is 6.21. The Morgan fingerprint density at radius 1 is 1.07 bits per heavy atom. The average Bonchev–Trinajstić information content (AvgIpc) is 3.13. The number of benzene rings is 2. The number of carbonyl (C=O) groups excluding carboxylic acids is 2. The largest absolute Gasteiger partial charge is 0.454 e. The van der Waals surface area contributed by atoms with Gasteiger partial charge in [0.1, 0.15) is 0 Å². The summed E-state index contributed by atoms with van der Waals surface area (Å²) in [6, 6.07) is 13.0. The first-order valence-electron chi connectivity index (χ1n) is 8.41. The van der Waals surface area contributed by atoms with Crippen LogP contribution in [0.25, 0.3) is 0 Å². The van der Waals surface area contributed by atoms with Crippen molar-refractivity contribution in [2.75, 3.05) is 0 Å². The lowest BCUT2D eigenvalue weighted by molar-refractivity contribution is 0.0454. The highest BCUT2D eigenvalue weighted by Crippen LogP contribution is 2.18. The molecule has 0 N–H and O–H groups in total. The number of halogens is 1. The monoisotopic (exact) mass is 384 g/mol. The molecule has 7 nitrogen and oxygen atoms in total. The minimum atomic E-state index is -0.612. The summed E-state index contributed by atoms with van der Waals surface area (Å²) >= 11 is 5.87. The minimum absolute atomic E-state index is 0.0741. The molecule has 1 heterocycles. The highest BCUT2D eigenvalue weighted by Gasteiger charge is 2.20. The van der Waals surface area contributed by atoms with Gasteiger partial charge in [-0.2, -0.15) is 0 Å². The molecule has 0 amide bonds. The Hall–Kier alpha value is -3.06. The average molecular weight is 385 g/mol. The van der Waals surface area contributed by atoms with Crippen molar-refractivity contribution in [1.82, 2.24) is 20.2 Å². The van der Waals surface area contributed by atoms with Crippen molar-refractivity contribution >= 4 is 23.4 Å². The third kappa shape index (κ3) is 4.38. The summed E-state index contributed by atoms with van der Waals surface area (Å²) in [7, 11) is 0. The number of ketones is 1. The van der Waals surface area contributed by atoms with Gasteiger partial charge in [0.25, 0.3) is 0 Å². The van der Waals surface area contributed by atoms with E-state index in [1.807, 2.05) is 6.92 Å². The molecule has 0 atom stereocenters. The number of rotatable bonds is 7. The number of esters is 1. The summed E-state index contributed by atoms with van der Waals surface area (Å²) < 4.78 is 6.91. The second-order valence-electron chi connectivity index (χ2n) is 5.78. The molecule has 0 radical (unpaired) electrons. The molecule has 0 unspecified atom stereocenters. The second kappa shape index (κ2) is 8.55. The third-order valence-electron chi connectivity index (χ3n) is 3.87. The lowest BCUT2D eigenvalue weighted by Crippen LogP contribution is -2.14. The van der Waals surface area contributed by atoms with Crippen molar-refractivity contribution in [2.45, 2.75) is 26.5 Å². The van der Waals surface area contributed by atoms with Gasteiger partial charge in [-0.1, -0.05) is 36.7 Å². The molecule has 3 rings (SSSR count). The lowest BCUT2D eigenvalue weighted by Gasteiger charge is -2.09. The molecule has 0 aliphatic carbocycles. The van der Waals surface area contributed by atoms with E-state index in [9.17, 15) is 9.59 Å². The molecular formula is C19H17ClN4O3. The van der Waals surface area contributed by atoms with Gasteiger partial charge in [0.05, 0.1) is 5.56 Å². The quantitative estimate of drug-likeness (QED) is 0.458. The van der Waals surface area contributed by atoms with Crippen LogP contribution < -0.4 is 0 Å².